The lowest BCUT2D eigenvalue weighted by Crippen LogP contribution is -2.09. The van der Waals surface area contributed by atoms with Gasteiger partial charge in [0.1, 0.15) is 10.4 Å². The average Bonchev–Trinajstić information content (AvgIpc) is 2.87. The van der Waals surface area contributed by atoms with Crippen molar-refractivity contribution in [3.63, 3.8) is 0 Å². The monoisotopic (exact) mass is 304 g/mol. The minimum absolute atomic E-state index is 0.147. The molecular formula is C13H12N4OS2. The highest BCUT2D eigenvalue weighted by Gasteiger charge is 2.16. The summed E-state index contributed by atoms with van der Waals surface area (Å²) in [6, 6.07) is 9.70. The molecule has 3 aromatic rings. The van der Waals surface area contributed by atoms with E-state index in [4.69, 9.17) is 0 Å². The molecule has 1 N–H and O–H groups in total. The van der Waals surface area contributed by atoms with Crippen molar-refractivity contribution in [3.05, 3.63) is 40.7 Å². The number of rotatable bonds is 3. The maximum absolute atomic E-state index is 12.2. The first-order valence-electron chi connectivity index (χ1n) is 5.91. The molecule has 2 aromatic heterocycles. The molecular weight excluding hydrogens is 292 g/mol. The summed E-state index contributed by atoms with van der Waals surface area (Å²) in [5.74, 6) is 0. The zero-order chi connectivity index (χ0) is 14.1. The number of aromatic nitrogens is 4. The van der Waals surface area contributed by atoms with E-state index in [0.717, 1.165) is 5.69 Å². The Bertz CT molecular complexity index is 810. The van der Waals surface area contributed by atoms with E-state index < -0.39 is 0 Å². The smallest absolute Gasteiger partial charge is 0.263 e. The van der Waals surface area contributed by atoms with E-state index in [0.29, 0.717) is 21.2 Å². The second-order valence-electron chi connectivity index (χ2n) is 4.03. The lowest BCUT2D eigenvalue weighted by Gasteiger charge is -2.02. The van der Waals surface area contributed by atoms with Gasteiger partial charge in [-0.3, -0.25) is 4.79 Å². The van der Waals surface area contributed by atoms with Gasteiger partial charge in [-0.15, -0.1) is 11.8 Å². The van der Waals surface area contributed by atoms with Gasteiger partial charge in [0.05, 0.1) is 5.69 Å². The van der Waals surface area contributed by atoms with E-state index in [1.807, 2.05) is 42.8 Å². The molecule has 0 atom stereocenters. The third-order valence-corrected chi connectivity index (χ3v) is 4.12. The van der Waals surface area contributed by atoms with Crippen LogP contribution in [0.1, 0.15) is 0 Å². The first kappa shape index (κ1) is 13.3. The predicted octanol–water partition coefficient (Wildman–Crippen LogP) is 2.55. The van der Waals surface area contributed by atoms with Crippen molar-refractivity contribution in [2.75, 3.05) is 12.5 Å². The molecule has 0 aliphatic heterocycles. The van der Waals surface area contributed by atoms with E-state index in [1.165, 1.54) is 23.5 Å². The summed E-state index contributed by atoms with van der Waals surface area (Å²) >= 11 is 2.85. The molecule has 5 nitrogen and oxygen atoms in total. The fourth-order valence-corrected chi connectivity index (χ4v) is 2.89. The molecule has 0 radical (unpaired) electrons. The predicted molar refractivity (Wildman–Crippen MR) is 83.0 cm³/mol. The van der Waals surface area contributed by atoms with Crippen LogP contribution in [0.4, 0.5) is 0 Å². The van der Waals surface area contributed by atoms with Gasteiger partial charge in [0, 0.05) is 0 Å². The van der Waals surface area contributed by atoms with E-state index >= 15 is 0 Å². The first-order valence-corrected chi connectivity index (χ1v) is 8.36. The zero-order valence-corrected chi connectivity index (χ0v) is 12.6. The summed E-state index contributed by atoms with van der Waals surface area (Å²) in [5.41, 5.74) is 1.34. The molecule has 0 fully saturated rings. The Kier molecular flexibility index (Phi) is 3.54. The number of aromatic amines is 1. The molecule has 7 heteroatoms. The molecule has 0 spiro atoms. The number of hydrogen-bond acceptors (Lipinski definition) is 5. The Morgan fingerprint density at radius 2 is 1.90 bits per heavy atom. The maximum Gasteiger partial charge on any atom is 0.263 e. The van der Waals surface area contributed by atoms with Crippen LogP contribution in [0.2, 0.25) is 0 Å². The number of nitrogens with zero attached hydrogens (tertiary/aromatic N) is 3. The molecule has 0 saturated carbocycles. The van der Waals surface area contributed by atoms with Crippen LogP contribution in [-0.4, -0.2) is 32.3 Å². The number of H-pyrrole nitrogens is 1. The highest BCUT2D eigenvalue weighted by atomic mass is 32.2. The number of thioether (sulfide) groups is 2. The summed E-state index contributed by atoms with van der Waals surface area (Å²) in [4.78, 5) is 19.5. The molecule has 0 amide bonds. The van der Waals surface area contributed by atoms with Crippen molar-refractivity contribution in [3.8, 4) is 5.69 Å². The number of para-hydroxylation sites is 1. The van der Waals surface area contributed by atoms with Crippen LogP contribution in [0.25, 0.3) is 16.7 Å². The summed E-state index contributed by atoms with van der Waals surface area (Å²) in [7, 11) is 0. The Morgan fingerprint density at radius 3 is 2.55 bits per heavy atom. The van der Waals surface area contributed by atoms with Gasteiger partial charge in [-0.1, -0.05) is 30.0 Å². The highest BCUT2D eigenvalue weighted by molar-refractivity contribution is 7.98. The minimum atomic E-state index is -0.147. The average molecular weight is 304 g/mol. The molecule has 0 aliphatic rings. The van der Waals surface area contributed by atoms with E-state index in [2.05, 4.69) is 15.1 Å². The van der Waals surface area contributed by atoms with Crippen LogP contribution in [-0.2, 0) is 0 Å². The Morgan fingerprint density at radius 1 is 1.15 bits per heavy atom. The van der Waals surface area contributed by atoms with Crippen LogP contribution >= 0.6 is 23.5 Å². The normalized spacial score (nSPS) is 11.1. The van der Waals surface area contributed by atoms with Gasteiger partial charge < -0.3 is 4.98 Å². The first-order chi connectivity index (χ1) is 9.74. The number of hydrogen-bond donors (Lipinski definition) is 1. The molecule has 0 saturated heterocycles. The van der Waals surface area contributed by atoms with Gasteiger partial charge >= 0.3 is 0 Å². The third-order valence-electron chi connectivity index (χ3n) is 2.87. The molecule has 3 rings (SSSR count). The summed E-state index contributed by atoms with van der Waals surface area (Å²) in [5, 5.41) is 6.32. The maximum atomic E-state index is 12.2. The second kappa shape index (κ2) is 5.34. The third kappa shape index (κ3) is 2.12. The minimum Gasteiger partial charge on any atom is -0.301 e. The van der Waals surface area contributed by atoms with Gasteiger partial charge in [0.15, 0.2) is 10.8 Å². The van der Waals surface area contributed by atoms with Gasteiger partial charge in [0.25, 0.3) is 5.56 Å². The standard InChI is InChI=1S/C13H12N4OS2/c1-19-12-9-10(14-13(20-2)15-11(9)18)17(16-12)8-6-4-3-5-7-8/h3-7H,1-2H3,(H,14,15,18). The van der Waals surface area contributed by atoms with Crippen LogP contribution < -0.4 is 5.56 Å². The van der Waals surface area contributed by atoms with Gasteiger partial charge in [-0.2, -0.15) is 5.10 Å². The second-order valence-corrected chi connectivity index (χ2v) is 5.62. The topological polar surface area (TPSA) is 63.6 Å². The van der Waals surface area contributed by atoms with Crippen LogP contribution in [0.3, 0.4) is 0 Å². The molecule has 102 valence electrons. The molecule has 2 heterocycles. The number of benzene rings is 1. The Balaban J connectivity index is 2.38. The summed E-state index contributed by atoms with van der Waals surface area (Å²) in [6.07, 6.45) is 3.78. The van der Waals surface area contributed by atoms with Crippen molar-refractivity contribution in [2.45, 2.75) is 10.2 Å². The van der Waals surface area contributed by atoms with Crippen molar-refractivity contribution in [1.82, 2.24) is 19.7 Å². The van der Waals surface area contributed by atoms with Crippen molar-refractivity contribution >= 4 is 34.6 Å². The molecule has 0 unspecified atom stereocenters. The molecule has 0 aliphatic carbocycles. The molecule has 1 aromatic carbocycles. The Labute approximate surface area is 123 Å². The van der Waals surface area contributed by atoms with Crippen molar-refractivity contribution < 1.29 is 0 Å². The van der Waals surface area contributed by atoms with Crippen molar-refractivity contribution in [2.24, 2.45) is 0 Å². The lowest BCUT2D eigenvalue weighted by atomic mass is 10.3. The molecule has 0 bridgehead atoms. The number of fused-ring (bicyclic) bond motifs is 1. The highest BCUT2D eigenvalue weighted by Crippen LogP contribution is 2.24. The Hall–Kier alpha value is -1.73. The SMILES string of the molecule is CSc1nc2c(c(SC)nn2-c2ccccc2)c(=O)[nH]1. The fourth-order valence-electron chi connectivity index (χ4n) is 1.96. The van der Waals surface area contributed by atoms with E-state index in [1.54, 1.807) is 4.68 Å². The van der Waals surface area contributed by atoms with Gasteiger partial charge in [0.2, 0.25) is 0 Å². The van der Waals surface area contributed by atoms with Gasteiger partial charge in [-0.05, 0) is 24.6 Å². The van der Waals surface area contributed by atoms with Crippen LogP contribution in [0, 0.1) is 0 Å². The quantitative estimate of drug-likeness (QED) is 0.595. The summed E-state index contributed by atoms with van der Waals surface area (Å²) in [6.45, 7) is 0. The van der Waals surface area contributed by atoms with E-state index in [-0.39, 0.29) is 5.56 Å². The van der Waals surface area contributed by atoms with Crippen LogP contribution in [0.15, 0.2) is 45.3 Å². The lowest BCUT2D eigenvalue weighted by molar-refractivity contribution is 0.842. The number of nitrogens with one attached hydrogen (secondary N) is 1. The van der Waals surface area contributed by atoms with Crippen molar-refractivity contribution in [1.29, 1.82) is 0 Å². The summed E-state index contributed by atoms with van der Waals surface area (Å²) < 4.78 is 1.72. The zero-order valence-electron chi connectivity index (χ0n) is 11.0. The fraction of sp³-hybridized carbons (Fsp3) is 0.154. The largest absolute Gasteiger partial charge is 0.301 e. The molecule has 20 heavy (non-hydrogen) atoms. The van der Waals surface area contributed by atoms with Gasteiger partial charge in [-0.25, -0.2) is 9.67 Å². The van der Waals surface area contributed by atoms with Crippen LogP contribution in [0.5, 0.6) is 0 Å². The van der Waals surface area contributed by atoms with E-state index in [9.17, 15) is 4.79 Å².